The molecule has 0 spiro atoms. The Morgan fingerprint density at radius 2 is 2.11 bits per heavy atom. The molecule has 0 aromatic heterocycles. The molecular weight excluding hydrogens is 116 g/mol. The third kappa shape index (κ3) is 1.59. The molecule has 0 aromatic carbocycles. The fourth-order valence-corrected chi connectivity index (χ4v) is 0.649. The molecule has 0 atom stereocenters. The van der Waals surface area contributed by atoms with Crippen LogP contribution in [0.4, 0.5) is 4.79 Å². The molecule has 0 radical (unpaired) electrons. The Morgan fingerprint density at radius 1 is 1.56 bits per heavy atom. The number of urea groups is 1. The van der Waals surface area contributed by atoms with E-state index >= 15 is 0 Å². The number of carbonyl (C=O) groups excluding carboxylic acids is 1. The van der Waals surface area contributed by atoms with Gasteiger partial charge in [-0.2, -0.15) is 0 Å². The molecule has 1 aliphatic carbocycles. The van der Waals surface area contributed by atoms with Gasteiger partial charge in [0.2, 0.25) is 0 Å². The molecule has 0 heterocycles. The zero-order valence-electron chi connectivity index (χ0n) is 5.82. The van der Waals surface area contributed by atoms with Crippen LogP contribution in [0.5, 0.6) is 0 Å². The van der Waals surface area contributed by atoms with Crippen LogP contribution in [0.25, 0.3) is 0 Å². The van der Waals surface area contributed by atoms with Gasteiger partial charge in [-0.15, -0.1) is 0 Å². The van der Waals surface area contributed by atoms with E-state index in [1.807, 2.05) is 6.92 Å². The van der Waals surface area contributed by atoms with Gasteiger partial charge in [0, 0.05) is 12.6 Å². The molecule has 1 aliphatic rings. The van der Waals surface area contributed by atoms with E-state index in [4.69, 9.17) is 0 Å². The van der Waals surface area contributed by atoms with E-state index in [0.717, 1.165) is 12.8 Å². The summed E-state index contributed by atoms with van der Waals surface area (Å²) in [5.41, 5.74) is 0.111. The normalized spacial score (nSPS) is 20.7. The lowest BCUT2D eigenvalue weighted by Crippen LogP contribution is -2.40. The van der Waals surface area contributed by atoms with Gasteiger partial charge >= 0.3 is 6.03 Å². The quantitative estimate of drug-likeness (QED) is 0.529. The van der Waals surface area contributed by atoms with Crippen LogP contribution in [-0.4, -0.2) is 18.6 Å². The van der Waals surface area contributed by atoms with E-state index in [9.17, 15) is 4.79 Å². The van der Waals surface area contributed by atoms with Crippen molar-refractivity contribution in [2.45, 2.75) is 25.3 Å². The second-order valence-corrected chi connectivity index (χ2v) is 2.76. The Morgan fingerprint density at radius 3 is 2.44 bits per heavy atom. The summed E-state index contributed by atoms with van der Waals surface area (Å²) in [5.74, 6) is 0. The van der Waals surface area contributed by atoms with E-state index < -0.39 is 0 Å². The van der Waals surface area contributed by atoms with Crippen LogP contribution < -0.4 is 10.6 Å². The fourth-order valence-electron chi connectivity index (χ4n) is 0.649. The molecule has 1 fully saturated rings. The second-order valence-electron chi connectivity index (χ2n) is 2.76. The minimum atomic E-state index is -0.0741. The zero-order valence-corrected chi connectivity index (χ0v) is 5.82. The molecule has 0 unspecified atom stereocenters. The highest BCUT2D eigenvalue weighted by Gasteiger charge is 2.38. The number of hydrogen-bond donors (Lipinski definition) is 2. The third-order valence-corrected chi connectivity index (χ3v) is 1.64. The molecule has 1 saturated carbocycles. The predicted octanol–water partition coefficient (Wildman–Crippen LogP) is 0.468. The average Bonchev–Trinajstić information content (AvgIpc) is 2.48. The minimum absolute atomic E-state index is 0.0741. The molecule has 0 bridgehead atoms. The molecule has 0 aromatic rings. The van der Waals surface area contributed by atoms with Gasteiger partial charge in [0.25, 0.3) is 0 Å². The smallest absolute Gasteiger partial charge is 0.314 e. The van der Waals surface area contributed by atoms with Crippen molar-refractivity contribution in [3.63, 3.8) is 0 Å². The predicted molar refractivity (Wildman–Crippen MR) is 35.2 cm³/mol. The topological polar surface area (TPSA) is 41.1 Å². The SMILES string of the molecule is CNC(=O)NC1(C)CC1. The summed E-state index contributed by atoms with van der Waals surface area (Å²) in [7, 11) is 1.63. The zero-order chi connectivity index (χ0) is 6.91. The number of amides is 2. The molecular formula is C6H12N2O. The van der Waals surface area contributed by atoms with Crippen molar-refractivity contribution in [2.24, 2.45) is 0 Å². The largest absolute Gasteiger partial charge is 0.341 e. The van der Waals surface area contributed by atoms with Gasteiger partial charge in [-0.25, -0.2) is 4.79 Å². The van der Waals surface area contributed by atoms with E-state index in [0.29, 0.717) is 0 Å². The molecule has 2 N–H and O–H groups in total. The van der Waals surface area contributed by atoms with Crippen LogP contribution in [0.2, 0.25) is 0 Å². The van der Waals surface area contributed by atoms with Crippen molar-refractivity contribution in [3.05, 3.63) is 0 Å². The van der Waals surface area contributed by atoms with E-state index in [1.165, 1.54) is 0 Å². The lowest BCUT2D eigenvalue weighted by Gasteiger charge is -2.09. The van der Waals surface area contributed by atoms with Crippen molar-refractivity contribution >= 4 is 6.03 Å². The monoisotopic (exact) mass is 128 g/mol. The molecule has 52 valence electrons. The third-order valence-electron chi connectivity index (χ3n) is 1.64. The van der Waals surface area contributed by atoms with Crippen LogP contribution in [0, 0.1) is 0 Å². The van der Waals surface area contributed by atoms with Gasteiger partial charge < -0.3 is 10.6 Å². The molecule has 2 amide bonds. The van der Waals surface area contributed by atoms with Crippen molar-refractivity contribution in [1.29, 1.82) is 0 Å². The highest BCUT2D eigenvalue weighted by molar-refractivity contribution is 5.74. The summed E-state index contributed by atoms with van der Waals surface area (Å²) in [6.07, 6.45) is 2.22. The standard InChI is InChI=1S/C6H12N2O/c1-6(3-4-6)8-5(9)7-2/h3-4H2,1-2H3,(H2,7,8,9). The van der Waals surface area contributed by atoms with Gasteiger partial charge in [0.05, 0.1) is 0 Å². The number of hydrogen-bond acceptors (Lipinski definition) is 1. The van der Waals surface area contributed by atoms with Crippen LogP contribution in [-0.2, 0) is 0 Å². The fraction of sp³-hybridized carbons (Fsp3) is 0.833. The first kappa shape index (κ1) is 6.39. The number of nitrogens with one attached hydrogen (secondary N) is 2. The van der Waals surface area contributed by atoms with Crippen molar-refractivity contribution in [3.8, 4) is 0 Å². The first-order valence-corrected chi connectivity index (χ1v) is 3.16. The summed E-state index contributed by atoms with van der Waals surface area (Å²) in [5, 5.41) is 5.34. The molecule has 3 nitrogen and oxygen atoms in total. The minimum Gasteiger partial charge on any atom is -0.341 e. The first-order valence-electron chi connectivity index (χ1n) is 3.16. The maximum absolute atomic E-state index is 10.6. The molecule has 1 rings (SSSR count). The van der Waals surface area contributed by atoms with E-state index in [2.05, 4.69) is 10.6 Å². The summed E-state index contributed by atoms with van der Waals surface area (Å²) >= 11 is 0. The van der Waals surface area contributed by atoms with Crippen LogP contribution in [0.3, 0.4) is 0 Å². The Hall–Kier alpha value is -0.730. The Kier molecular flexibility index (Phi) is 1.35. The average molecular weight is 128 g/mol. The molecule has 0 aliphatic heterocycles. The van der Waals surface area contributed by atoms with Gasteiger partial charge in [-0.05, 0) is 19.8 Å². The first-order chi connectivity index (χ1) is 4.16. The lowest BCUT2D eigenvalue weighted by molar-refractivity contribution is 0.239. The molecule has 0 saturated heterocycles. The highest BCUT2D eigenvalue weighted by atomic mass is 16.2. The van der Waals surface area contributed by atoms with Gasteiger partial charge in [0.1, 0.15) is 0 Å². The molecule has 9 heavy (non-hydrogen) atoms. The van der Waals surface area contributed by atoms with E-state index in [1.54, 1.807) is 7.05 Å². The van der Waals surface area contributed by atoms with Crippen molar-refractivity contribution < 1.29 is 4.79 Å². The van der Waals surface area contributed by atoms with E-state index in [-0.39, 0.29) is 11.6 Å². The summed E-state index contributed by atoms with van der Waals surface area (Å²) < 4.78 is 0. The van der Waals surface area contributed by atoms with Gasteiger partial charge in [-0.1, -0.05) is 0 Å². The van der Waals surface area contributed by atoms with Crippen molar-refractivity contribution in [1.82, 2.24) is 10.6 Å². The number of rotatable bonds is 1. The maximum Gasteiger partial charge on any atom is 0.314 e. The Labute approximate surface area is 54.8 Å². The summed E-state index contributed by atoms with van der Waals surface area (Å²) in [6.45, 7) is 2.04. The van der Waals surface area contributed by atoms with Gasteiger partial charge in [0.15, 0.2) is 0 Å². The van der Waals surface area contributed by atoms with Gasteiger partial charge in [-0.3, -0.25) is 0 Å². The van der Waals surface area contributed by atoms with Crippen LogP contribution in [0.1, 0.15) is 19.8 Å². The molecule has 3 heteroatoms. The van der Waals surface area contributed by atoms with Crippen LogP contribution >= 0.6 is 0 Å². The van der Waals surface area contributed by atoms with Crippen molar-refractivity contribution in [2.75, 3.05) is 7.05 Å². The number of carbonyl (C=O) groups is 1. The summed E-state index contributed by atoms with van der Waals surface area (Å²) in [4.78, 5) is 10.6. The Bertz CT molecular complexity index is 129. The lowest BCUT2D eigenvalue weighted by atomic mass is 10.3. The maximum atomic E-state index is 10.6. The second kappa shape index (κ2) is 1.90. The van der Waals surface area contributed by atoms with Crippen LogP contribution in [0.15, 0.2) is 0 Å². The Balaban J connectivity index is 2.25. The highest BCUT2D eigenvalue weighted by Crippen LogP contribution is 2.33. The summed E-state index contributed by atoms with van der Waals surface area (Å²) in [6, 6.07) is -0.0741.